The van der Waals surface area contributed by atoms with Crippen molar-refractivity contribution in [2.45, 2.75) is 64.6 Å². The summed E-state index contributed by atoms with van der Waals surface area (Å²) >= 11 is 7.37. The quantitative estimate of drug-likeness (QED) is 0.148. The molecule has 2 aromatic carbocycles. The first-order valence-corrected chi connectivity index (χ1v) is 18.6. The van der Waals surface area contributed by atoms with E-state index in [4.69, 9.17) is 14.2 Å². The van der Waals surface area contributed by atoms with Crippen LogP contribution in [0, 0.1) is 27.7 Å². The Balaban J connectivity index is 1.64. The number of aryl methyl sites for hydroxylation is 4. The first-order chi connectivity index (χ1) is 18.6. The van der Waals surface area contributed by atoms with Gasteiger partial charge in [0.1, 0.15) is 36.3 Å². The molecule has 3 atom stereocenters. The third-order valence-corrected chi connectivity index (χ3v) is 11.1. The number of thioether (sulfide) groups is 4. The van der Waals surface area contributed by atoms with E-state index < -0.39 is 6.10 Å². The second-order valence-corrected chi connectivity index (χ2v) is 15.1. The van der Waals surface area contributed by atoms with E-state index in [2.05, 4.69) is 78.3 Å². The van der Waals surface area contributed by atoms with E-state index in [1.165, 1.54) is 11.1 Å². The number of epoxide rings is 1. The smallest absolute Gasteiger partial charge is 0.133 e. The summed E-state index contributed by atoms with van der Waals surface area (Å²) in [5.74, 6) is 6.99. The summed E-state index contributed by atoms with van der Waals surface area (Å²) in [6.07, 6.45) is 3.98. The third-order valence-electron chi connectivity index (χ3n) is 7.02. The molecule has 1 N–H and O–H groups in total. The van der Waals surface area contributed by atoms with Gasteiger partial charge < -0.3 is 19.3 Å². The maximum absolute atomic E-state index is 10.4. The van der Waals surface area contributed by atoms with Crippen molar-refractivity contribution >= 4 is 47.0 Å². The minimum absolute atomic E-state index is 0.186. The Labute approximate surface area is 253 Å². The van der Waals surface area contributed by atoms with E-state index in [9.17, 15) is 5.11 Å². The molecule has 0 saturated carbocycles. The number of aliphatic hydroxyl groups excluding tert-OH is 1. The standard InChI is InChI=1S/C31H46O4S4/c1-20-13-24(14-21(2)28(20)33-17-26(32)19-38-11-9-36-7)31(5,6)25-15-22(3)29(23(4)16-25)34-18-27-30(35-27)39-12-10-37-8/h13-16,26-27,30,32H,9-12,17-19H2,1-8H3. The van der Waals surface area contributed by atoms with Gasteiger partial charge in [0.15, 0.2) is 0 Å². The molecule has 1 saturated heterocycles. The van der Waals surface area contributed by atoms with Crippen LogP contribution < -0.4 is 9.47 Å². The molecule has 1 aliphatic heterocycles. The average Bonchev–Trinajstić information content (AvgIpc) is 3.63. The van der Waals surface area contributed by atoms with Crippen molar-refractivity contribution in [2.24, 2.45) is 0 Å². The van der Waals surface area contributed by atoms with Gasteiger partial charge in [-0.1, -0.05) is 38.1 Å². The minimum atomic E-state index is -0.463. The topological polar surface area (TPSA) is 51.2 Å². The lowest BCUT2D eigenvalue weighted by molar-refractivity contribution is 0.125. The second kappa shape index (κ2) is 15.5. The van der Waals surface area contributed by atoms with Gasteiger partial charge in [0, 0.05) is 34.2 Å². The maximum atomic E-state index is 10.4. The molecule has 0 bridgehead atoms. The van der Waals surface area contributed by atoms with Crippen molar-refractivity contribution in [1.82, 2.24) is 0 Å². The zero-order valence-corrected chi connectivity index (χ0v) is 28.1. The molecule has 8 heteroatoms. The zero-order valence-electron chi connectivity index (χ0n) is 24.8. The van der Waals surface area contributed by atoms with Crippen LogP contribution >= 0.6 is 47.0 Å². The van der Waals surface area contributed by atoms with Gasteiger partial charge in [-0.3, -0.25) is 0 Å². The Kier molecular flexibility index (Phi) is 13.1. The minimum Gasteiger partial charge on any atom is -0.490 e. The van der Waals surface area contributed by atoms with E-state index in [1.807, 2.05) is 35.3 Å². The van der Waals surface area contributed by atoms with Crippen LogP contribution in [0.2, 0.25) is 0 Å². The Morgan fingerprint density at radius 3 is 1.87 bits per heavy atom. The first-order valence-electron chi connectivity index (χ1n) is 13.6. The summed E-state index contributed by atoms with van der Waals surface area (Å²) in [5, 5.41) is 10.4. The van der Waals surface area contributed by atoms with Crippen LogP contribution in [0.15, 0.2) is 24.3 Å². The summed E-state index contributed by atoms with van der Waals surface area (Å²) < 4.78 is 18.1. The molecule has 0 amide bonds. The van der Waals surface area contributed by atoms with Gasteiger partial charge in [-0.2, -0.15) is 35.3 Å². The predicted molar refractivity (Wildman–Crippen MR) is 176 cm³/mol. The first kappa shape index (κ1) is 32.9. The molecule has 0 spiro atoms. The molecule has 218 valence electrons. The molecular formula is C31H46O4S4. The van der Waals surface area contributed by atoms with Crippen LogP contribution in [-0.4, -0.2) is 77.2 Å². The highest BCUT2D eigenvalue weighted by atomic mass is 32.2. The van der Waals surface area contributed by atoms with Gasteiger partial charge in [0.05, 0.1) is 6.10 Å². The van der Waals surface area contributed by atoms with Crippen molar-refractivity contribution < 1.29 is 19.3 Å². The van der Waals surface area contributed by atoms with Gasteiger partial charge in [0.2, 0.25) is 0 Å². The fourth-order valence-corrected chi connectivity index (χ4v) is 8.11. The van der Waals surface area contributed by atoms with Crippen molar-refractivity contribution in [3.8, 4) is 11.5 Å². The normalized spacial score (nSPS) is 17.8. The van der Waals surface area contributed by atoms with Crippen LogP contribution in [-0.2, 0) is 10.2 Å². The van der Waals surface area contributed by atoms with Gasteiger partial charge in [0.25, 0.3) is 0 Å². The number of benzene rings is 2. The van der Waals surface area contributed by atoms with Crippen molar-refractivity contribution in [1.29, 1.82) is 0 Å². The molecule has 39 heavy (non-hydrogen) atoms. The Morgan fingerprint density at radius 1 is 0.821 bits per heavy atom. The second-order valence-electron chi connectivity index (χ2n) is 10.8. The van der Waals surface area contributed by atoms with Gasteiger partial charge in [-0.25, -0.2) is 0 Å². The van der Waals surface area contributed by atoms with Crippen molar-refractivity contribution in [3.05, 3.63) is 57.6 Å². The Morgan fingerprint density at radius 2 is 1.33 bits per heavy atom. The monoisotopic (exact) mass is 610 g/mol. The lowest BCUT2D eigenvalue weighted by Crippen LogP contribution is -2.22. The average molecular weight is 611 g/mol. The van der Waals surface area contributed by atoms with Crippen molar-refractivity contribution in [3.63, 3.8) is 0 Å². The molecule has 2 aromatic rings. The molecule has 0 aliphatic carbocycles. The zero-order chi connectivity index (χ0) is 28.6. The highest BCUT2D eigenvalue weighted by molar-refractivity contribution is 8.03. The van der Waals surface area contributed by atoms with E-state index in [1.54, 1.807) is 11.8 Å². The molecule has 1 aliphatic rings. The molecule has 0 radical (unpaired) electrons. The molecule has 4 nitrogen and oxygen atoms in total. The van der Waals surface area contributed by atoms with E-state index in [0.29, 0.717) is 19.0 Å². The van der Waals surface area contributed by atoms with Crippen LogP contribution in [0.5, 0.6) is 11.5 Å². The third kappa shape index (κ3) is 9.44. The summed E-state index contributed by atoms with van der Waals surface area (Å²) in [7, 11) is 0. The lowest BCUT2D eigenvalue weighted by Gasteiger charge is -2.29. The largest absolute Gasteiger partial charge is 0.490 e. The Bertz CT molecular complexity index is 965. The number of aliphatic hydroxyl groups is 1. The van der Waals surface area contributed by atoms with Crippen LogP contribution in [0.1, 0.15) is 47.2 Å². The molecule has 1 heterocycles. The fourth-order valence-electron chi connectivity index (χ4n) is 4.64. The van der Waals surface area contributed by atoms with E-state index in [-0.39, 0.29) is 17.0 Å². The van der Waals surface area contributed by atoms with Gasteiger partial charge in [-0.15, -0.1) is 11.8 Å². The van der Waals surface area contributed by atoms with Crippen molar-refractivity contribution in [2.75, 3.05) is 54.5 Å². The SMILES string of the molecule is CSCCSCC(O)COc1c(C)cc(C(C)(C)c2cc(C)c(OCC3OC3SCCSC)c(C)c2)cc1C. The van der Waals surface area contributed by atoms with Crippen LogP contribution in [0.25, 0.3) is 0 Å². The molecule has 3 rings (SSSR count). The number of hydrogen-bond donors (Lipinski definition) is 1. The number of hydrogen-bond acceptors (Lipinski definition) is 8. The molecular weight excluding hydrogens is 565 g/mol. The van der Waals surface area contributed by atoms with Gasteiger partial charge >= 0.3 is 0 Å². The Hall–Kier alpha value is -0.640. The fraction of sp³-hybridized carbons (Fsp3) is 0.613. The molecule has 0 aromatic heterocycles. The number of ether oxygens (including phenoxy) is 3. The summed E-state index contributed by atoms with van der Waals surface area (Å²) in [4.78, 5) is 0. The maximum Gasteiger partial charge on any atom is 0.133 e. The van der Waals surface area contributed by atoms with E-state index in [0.717, 1.165) is 56.8 Å². The lowest BCUT2D eigenvalue weighted by atomic mass is 9.76. The molecule has 1 fully saturated rings. The summed E-state index contributed by atoms with van der Waals surface area (Å²) in [5.41, 5.74) is 7.12. The number of rotatable bonds is 17. The summed E-state index contributed by atoms with van der Waals surface area (Å²) in [6, 6.07) is 8.99. The van der Waals surface area contributed by atoms with E-state index >= 15 is 0 Å². The van der Waals surface area contributed by atoms with Crippen LogP contribution in [0.3, 0.4) is 0 Å². The summed E-state index contributed by atoms with van der Waals surface area (Å²) in [6.45, 7) is 14.0. The highest BCUT2D eigenvalue weighted by Gasteiger charge is 2.40. The van der Waals surface area contributed by atoms with Gasteiger partial charge in [-0.05, 0) is 73.6 Å². The highest BCUT2D eigenvalue weighted by Crippen LogP contribution is 2.39. The van der Waals surface area contributed by atoms with Crippen LogP contribution in [0.4, 0.5) is 0 Å². The molecule has 3 unspecified atom stereocenters. The predicted octanol–water partition coefficient (Wildman–Crippen LogP) is 7.28.